The molecule has 0 atom stereocenters. The Morgan fingerprint density at radius 3 is 2.79 bits per heavy atom. The second-order valence-electron chi connectivity index (χ2n) is 5.55. The minimum absolute atomic E-state index is 0.258. The highest BCUT2D eigenvalue weighted by Gasteiger charge is 2.21. The monoisotopic (exact) mass is 322 g/mol. The zero-order chi connectivity index (χ0) is 16.8. The second kappa shape index (κ2) is 7.55. The van der Waals surface area contributed by atoms with Crippen LogP contribution in [0.15, 0.2) is 54.6 Å². The zero-order valence-electron chi connectivity index (χ0n) is 13.2. The molecule has 3 rings (SSSR count). The molecule has 0 N–H and O–H groups in total. The molecule has 2 heterocycles. The molecule has 5 heteroatoms. The van der Waals surface area contributed by atoms with Crippen molar-refractivity contribution in [2.75, 3.05) is 13.1 Å². The quantitative estimate of drug-likeness (QED) is 0.810. The molecule has 122 valence electrons. The van der Waals surface area contributed by atoms with Gasteiger partial charge in [0.25, 0.3) is 0 Å². The normalized spacial score (nSPS) is 14.0. The predicted molar refractivity (Wildman–Crippen MR) is 90.4 cm³/mol. The molecule has 0 bridgehead atoms. The number of carbonyl (C=O) groups is 2. The number of aldehydes is 1. The Morgan fingerprint density at radius 1 is 1.17 bits per heavy atom. The van der Waals surface area contributed by atoms with Gasteiger partial charge in [0, 0.05) is 6.54 Å². The molecule has 0 unspecified atom stereocenters. The lowest BCUT2D eigenvalue weighted by atomic mass is 10.1. The summed E-state index contributed by atoms with van der Waals surface area (Å²) < 4.78 is 5.38. The third kappa shape index (κ3) is 3.87. The number of nitrogens with zero attached hydrogens (tertiary/aromatic N) is 2. The van der Waals surface area contributed by atoms with Gasteiger partial charge in [-0.15, -0.1) is 0 Å². The highest BCUT2D eigenvalue weighted by atomic mass is 16.6. The highest BCUT2D eigenvalue weighted by molar-refractivity contribution is 5.76. The molecular formula is C19H18N2O3. The lowest BCUT2D eigenvalue weighted by molar-refractivity contribution is 0.100. The fraction of sp³-hybridized carbons (Fsp3) is 0.211. The van der Waals surface area contributed by atoms with Crippen molar-refractivity contribution in [3.8, 4) is 0 Å². The first-order chi connectivity index (χ1) is 11.8. The molecule has 1 aliphatic rings. The molecule has 5 nitrogen and oxygen atoms in total. The third-order valence-corrected chi connectivity index (χ3v) is 3.83. The van der Waals surface area contributed by atoms with Crippen molar-refractivity contribution in [1.29, 1.82) is 0 Å². The summed E-state index contributed by atoms with van der Waals surface area (Å²) in [4.78, 5) is 29.1. The molecule has 0 saturated carbocycles. The fourth-order valence-corrected chi connectivity index (χ4v) is 2.59. The summed E-state index contributed by atoms with van der Waals surface area (Å²) in [7, 11) is 0. The van der Waals surface area contributed by atoms with Crippen LogP contribution in [0, 0.1) is 0 Å². The van der Waals surface area contributed by atoms with E-state index in [1.807, 2.05) is 36.4 Å². The van der Waals surface area contributed by atoms with Gasteiger partial charge in [-0.1, -0.05) is 42.5 Å². The molecule has 1 amide bonds. The number of amides is 1. The smallest absolute Gasteiger partial charge is 0.410 e. The Hall–Kier alpha value is -2.95. The number of hydrogen-bond acceptors (Lipinski definition) is 4. The maximum absolute atomic E-state index is 12.3. The van der Waals surface area contributed by atoms with Crippen molar-refractivity contribution in [2.45, 2.75) is 13.0 Å². The van der Waals surface area contributed by atoms with Crippen LogP contribution >= 0.6 is 0 Å². The second-order valence-corrected chi connectivity index (χ2v) is 5.55. The van der Waals surface area contributed by atoms with Gasteiger partial charge in [0.2, 0.25) is 0 Å². The van der Waals surface area contributed by atoms with E-state index in [-0.39, 0.29) is 12.7 Å². The summed E-state index contributed by atoms with van der Waals surface area (Å²) in [5, 5.41) is 0. The lowest BCUT2D eigenvalue weighted by Crippen LogP contribution is -2.36. The van der Waals surface area contributed by atoms with Crippen LogP contribution in [0.3, 0.4) is 0 Å². The average molecular weight is 322 g/mol. The van der Waals surface area contributed by atoms with Gasteiger partial charge in [-0.3, -0.25) is 4.79 Å². The van der Waals surface area contributed by atoms with Crippen molar-refractivity contribution in [3.05, 3.63) is 71.6 Å². The van der Waals surface area contributed by atoms with Crippen LogP contribution in [0.1, 0.15) is 28.2 Å². The van der Waals surface area contributed by atoms with Gasteiger partial charge < -0.3 is 9.64 Å². The minimum Gasteiger partial charge on any atom is -0.445 e. The van der Waals surface area contributed by atoms with E-state index < -0.39 is 0 Å². The SMILES string of the molecule is O=Cc1cccc(C2=CCCN(C(=O)OCc3ccccc3)C2)n1. The molecule has 2 aromatic rings. The van der Waals surface area contributed by atoms with E-state index in [2.05, 4.69) is 11.1 Å². The first-order valence-electron chi connectivity index (χ1n) is 7.83. The molecule has 0 aliphatic carbocycles. The predicted octanol–water partition coefficient (Wildman–Crippen LogP) is 3.32. The Balaban J connectivity index is 1.63. The standard InChI is InChI=1S/C19H18N2O3/c22-13-17-9-4-10-18(20-17)16-8-5-11-21(12-16)19(23)24-14-15-6-2-1-3-7-15/h1-4,6-10,13H,5,11-12,14H2. The topological polar surface area (TPSA) is 59.5 Å². The fourth-order valence-electron chi connectivity index (χ4n) is 2.59. The van der Waals surface area contributed by atoms with E-state index in [1.54, 1.807) is 17.0 Å². The molecule has 24 heavy (non-hydrogen) atoms. The minimum atomic E-state index is -0.337. The summed E-state index contributed by atoms with van der Waals surface area (Å²) in [5.74, 6) is 0. The Morgan fingerprint density at radius 2 is 2.00 bits per heavy atom. The van der Waals surface area contributed by atoms with Crippen molar-refractivity contribution >= 4 is 18.0 Å². The van der Waals surface area contributed by atoms with E-state index in [1.165, 1.54) is 0 Å². The number of aromatic nitrogens is 1. The van der Waals surface area contributed by atoms with E-state index in [0.29, 0.717) is 18.8 Å². The van der Waals surface area contributed by atoms with Crippen LogP contribution in [-0.2, 0) is 11.3 Å². The van der Waals surface area contributed by atoms with Crippen molar-refractivity contribution in [1.82, 2.24) is 9.88 Å². The molecule has 1 aromatic carbocycles. The zero-order valence-corrected chi connectivity index (χ0v) is 13.2. The van der Waals surface area contributed by atoms with Crippen molar-refractivity contribution in [3.63, 3.8) is 0 Å². The Labute approximate surface area is 140 Å². The summed E-state index contributed by atoms with van der Waals surface area (Å²) >= 11 is 0. The first kappa shape index (κ1) is 15.9. The van der Waals surface area contributed by atoms with E-state index in [9.17, 15) is 9.59 Å². The summed E-state index contributed by atoms with van der Waals surface area (Å²) in [6.45, 7) is 1.31. The Kier molecular flexibility index (Phi) is 5.01. The van der Waals surface area contributed by atoms with Gasteiger partial charge in [0.1, 0.15) is 12.3 Å². The number of rotatable bonds is 4. The van der Waals surface area contributed by atoms with Crippen LogP contribution in [0.25, 0.3) is 5.57 Å². The number of hydrogen-bond donors (Lipinski definition) is 0. The molecule has 0 saturated heterocycles. The van der Waals surface area contributed by atoms with E-state index in [0.717, 1.165) is 29.5 Å². The molecule has 1 aliphatic heterocycles. The van der Waals surface area contributed by atoms with Gasteiger partial charge >= 0.3 is 6.09 Å². The van der Waals surface area contributed by atoms with Crippen LogP contribution in [0.2, 0.25) is 0 Å². The van der Waals surface area contributed by atoms with Gasteiger partial charge in [-0.05, 0) is 29.7 Å². The van der Waals surface area contributed by atoms with E-state index in [4.69, 9.17) is 4.74 Å². The van der Waals surface area contributed by atoms with Gasteiger partial charge in [0.05, 0.1) is 12.2 Å². The first-order valence-corrected chi connectivity index (χ1v) is 7.83. The number of benzene rings is 1. The van der Waals surface area contributed by atoms with Crippen LogP contribution in [0.5, 0.6) is 0 Å². The average Bonchev–Trinajstić information content (AvgIpc) is 2.67. The molecule has 0 radical (unpaired) electrons. The maximum Gasteiger partial charge on any atom is 0.410 e. The third-order valence-electron chi connectivity index (χ3n) is 3.83. The van der Waals surface area contributed by atoms with E-state index >= 15 is 0 Å². The van der Waals surface area contributed by atoms with Crippen LogP contribution in [-0.4, -0.2) is 35.4 Å². The lowest BCUT2D eigenvalue weighted by Gasteiger charge is -2.26. The van der Waals surface area contributed by atoms with Gasteiger partial charge in [0.15, 0.2) is 6.29 Å². The molecular weight excluding hydrogens is 304 g/mol. The number of ether oxygens (including phenoxy) is 1. The number of carbonyl (C=O) groups excluding carboxylic acids is 2. The maximum atomic E-state index is 12.3. The van der Waals surface area contributed by atoms with Crippen LogP contribution < -0.4 is 0 Å². The Bertz CT molecular complexity index is 756. The number of pyridine rings is 1. The van der Waals surface area contributed by atoms with Crippen LogP contribution in [0.4, 0.5) is 4.79 Å². The van der Waals surface area contributed by atoms with Gasteiger partial charge in [-0.2, -0.15) is 0 Å². The summed E-state index contributed by atoms with van der Waals surface area (Å²) in [5.41, 5.74) is 3.00. The summed E-state index contributed by atoms with van der Waals surface area (Å²) in [6, 6.07) is 14.9. The highest BCUT2D eigenvalue weighted by Crippen LogP contribution is 2.20. The molecule has 1 aromatic heterocycles. The van der Waals surface area contributed by atoms with Gasteiger partial charge in [-0.25, -0.2) is 9.78 Å². The van der Waals surface area contributed by atoms with Crippen molar-refractivity contribution < 1.29 is 14.3 Å². The molecule has 0 spiro atoms. The van der Waals surface area contributed by atoms with Crippen molar-refractivity contribution in [2.24, 2.45) is 0 Å². The summed E-state index contributed by atoms with van der Waals surface area (Å²) in [6.07, 6.45) is 3.18. The molecule has 0 fully saturated rings. The largest absolute Gasteiger partial charge is 0.445 e.